The summed E-state index contributed by atoms with van der Waals surface area (Å²) in [6.45, 7) is 14.5. The molecule has 1 unspecified atom stereocenters. The molecule has 0 aromatic heterocycles. The number of rotatable bonds is 7. The zero-order valence-corrected chi connectivity index (χ0v) is 13.8. The molecule has 1 fully saturated rings. The Kier molecular flexibility index (Phi) is 6.92. The number of hydrogen-bond donors (Lipinski definition) is 2. The molecule has 0 aromatic carbocycles. The van der Waals surface area contributed by atoms with Gasteiger partial charge in [-0.1, -0.05) is 6.92 Å². The van der Waals surface area contributed by atoms with Crippen molar-refractivity contribution in [1.29, 1.82) is 0 Å². The molecule has 2 N–H and O–H groups in total. The number of carbonyl (C=O) groups is 1. The first-order valence-electron chi connectivity index (χ1n) is 7.79. The molecule has 118 valence electrons. The van der Waals surface area contributed by atoms with Crippen LogP contribution in [0.25, 0.3) is 0 Å². The van der Waals surface area contributed by atoms with Crippen LogP contribution < -0.4 is 10.6 Å². The minimum Gasteiger partial charge on any atom is -0.354 e. The van der Waals surface area contributed by atoms with E-state index >= 15 is 0 Å². The van der Waals surface area contributed by atoms with Gasteiger partial charge in [0.25, 0.3) is 0 Å². The highest BCUT2D eigenvalue weighted by molar-refractivity contribution is 5.76. The van der Waals surface area contributed by atoms with Crippen LogP contribution in [0.15, 0.2) is 0 Å². The highest BCUT2D eigenvalue weighted by Crippen LogP contribution is 2.15. The second-order valence-corrected chi connectivity index (χ2v) is 6.54. The predicted molar refractivity (Wildman–Crippen MR) is 83.9 cm³/mol. The van der Waals surface area contributed by atoms with Crippen LogP contribution in [-0.4, -0.2) is 73.6 Å². The molecule has 0 aromatic rings. The third-order valence-corrected chi connectivity index (χ3v) is 4.12. The Hall–Kier alpha value is -0.650. The molecule has 0 radical (unpaired) electrons. The molecule has 1 aliphatic heterocycles. The van der Waals surface area contributed by atoms with Gasteiger partial charge in [0.05, 0.1) is 0 Å². The topological polar surface area (TPSA) is 47.6 Å². The van der Waals surface area contributed by atoms with E-state index < -0.39 is 0 Å². The monoisotopic (exact) mass is 284 g/mol. The van der Waals surface area contributed by atoms with E-state index in [4.69, 9.17) is 0 Å². The van der Waals surface area contributed by atoms with E-state index in [9.17, 15) is 4.79 Å². The van der Waals surface area contributed by atoms with Gasteiger partial charge in [-0.2, -0.15) is 0 Å². The van der Waals surface area contributed by atoms with Gasteiger partial charge in [0.15, 0.2) is 0 Å². The number of hydrogen-bond acceptors (Lipinski definition) is 4. The van der Waals surface area contributed by atoms with Crippen LogP contribution in [0.5, 0.6) is 0 Å². The van der Waals surface area contributed by atoms with E-state index in [0.717, 1.165) is 32.7 Å². The summed E-state index contributed by atoms with van der Waals surface area (Å²) in [6.07, 6.45) is 0.548. The van der Waals surface area contributed by atoms with Gasteiger partial charge >= 0.3 is 0 Å². The lowest BCUT2D eigenvalue weighted by atomic mass is 10.0. The first-order valence-corrected chi connectivity index (χ1v) is 7.79. The van der Waals surface area contributed by atoms with E-state index in [2.05, 4.69) is 55.2 Å². The molecule has 1 heterocycles. The summed E-state index contributed by atoms with van der Waals surface area (Å²) in [5.41, 5.74) is 0.0261. The third kappa shape index (κ3) is 5.77. The fourth-order valence-corrected chi connectivity index (χ4v) is 2.61. The van der Waals surface area contributed by atoms with Crippen molar-refractivity contribution in [3.63, 3.8) is 0 Å². The maximum Gasteiger partial charge on any atom is 0.221 e. The molecular weight excluding hydrogens is 252 g/mol. The molecule has 1 aliphatic rings. The highest BCUT2D eigenvalue weighted by Gasteiger charge is 2.29. The third-order valence-electron chi connectivity index (χ3n) is 4.12. The van der Waals surface area contributed by atoms with E-state index in [1.165, 1.54) is 0 Å². The molecule has 0 bridgehead atoms. The van der Waals surface area contributed by atoms with Crippen LogP contribution in [0.2, 0.25) is 0 Å². The van der Waals surface area contributed by atoms with E-state index in [1.807, 2.05) is 0 Å². The Morgan fingerprint density at radius 2 is 1.85 bits per heavy atom. The molecule has 20 heavy (non-hydrogen) atoms. The Balaban J connectivity index is 2.33. The lowest BCUT2D eigenvalue weighted by Gasteiger charge is -2.43. The minimum atomic E-state index is 0.0261. The number of amides is 1. The van der Waals surface area contributed by atoms with Crippen molar-refractivity contribution in [2.45, 2.75) is 45.7 Å². The molecular formula is C15H32N4O. The molecule has 1 saturated heterocycles. The standard InChI is InChI=1S/C15H32N4O/c1-6-16-13(2)11-14(20)17-12-15(3,4)19-9-7-18(5)8-10-19/h13,16H,6-12H2,1-5H3,(H,17,20). The van der Waals surface area contributed by atoms with Crippen molar-refractivity contribution < 1.29 is 4.79 Å². The average molecular weight is 284 g/mol. The number of nitrogens with zero attached hydrogens (tertiary/aromatic N) is 2. The Labute approximate surface area is 124 Å². The molecule has 1 rings (SSSR count). The zero-order valence-electron chi connectivity index (χ0n) is 13.8. The fraction of sp³-hybridized carbons (Fsp3) is 0.933. The summed E-state index contributed by atoms with van der Waals surface area (Å²) in [7, 11) is 2.16. The predicted octanol–water partition coefficient (Wildman–Crippen LogP) is 0.517. The first-order chi connectivity index (χ1) is 9.35. The highest BCUT2D eigenvalue weighted by atomic mass is 16.1. The second-order valence-electron chi connectivity index (χ2n) is 6.54. The van der Waals surface area contributed by atoms with Gasteiger partial charge in [-0.15, -0.1) is 0 Å². The summed E-state index contributed by atoms with van der Waals surface area (Å²) in [6, 6.07) is 0.242. The zero-order chi connectivity index (χ0) is 15.2. The normalized spacial score (nSPS) is 19.9. The van der Waals surface area contributed by atoms with Gasteiger partial charge < -0.3 is 15.5 Å². The van der Waals surface area contributed by atoms with Gasteiger partial charge in [-0.05, 0) is 34.4 Å². The Morgan fingerprint density at radius 3 is 2.40 bits per heavy atom. The molecule has 5 heteroatoms. The van der Waals surface area contributed by atoms with Gasteiger partial charge in [0, 0.05) is 50.7 Å². The van der Waals surface area contributed by atoms with Crippen molar-refractivity contribution in [3.8, 4) is 0 Å². The summed E-state index contributed by atoms with van der Waals surface area (Å²) in [4.78, 5) is 16.8. The fourth-order valence-electron chi connectivity index (χ4n) is 2.61. The average Bonchev–Trinajstić information content (AvgIpc) is 2.37. The van der Waals surface area contributed by atoms with E-state index in [0.29, 0.717) is 13.0 Å². The number of likely N-dealkylation sites (N-methyl/N-ethyl adjacent to an activating group) is 1. The summed E-state index contributed by atoms with van der Waals surface area (Å²) < 4.78 is 0. The van der Waals surface area contributed by atoms with Gasteiger partial charge in [0.1, 0.15) is 0 Å². The Bertz CT molecular complexity index is 298. The molecule has 1 amide bonds. The van der Waals surface area contributed by atoms with Gasteiger partial charge in [-0.3, -0.25) is 9.69 Å². The Morgan fingerprint density at radius 1 is 1.25 bits per heavy atom. The van der Waals surface area contributed by atoms with Crippen LogP contribution in [0.4, 0.5) is 0 Å². The van der Waals surface area contributed by atoms with Crippen LogP contribution in [-0.2, 0) is 4.79 Å². The largest absolute Gasteiger partial charge is 0.354 e. The lowest BCUT2D eigenvalue weighted by Crippen LogP contribution is -2.58. The van der Waals surface area contributed by atoms with Crippen LogP contribution >= 0.6 is 0 Å². The maximum atomic E-state index is 11.9. The van der Waals surface area contributed by atoms with Crippen LogP contribution in [0.3, 0.4) is 0 Å². The molecule has 5 nitrogen and oxygen atoms in total. The van der Waals surface area contributed by atoms with Crippen molar-refractivity contribution in [3.05, 3.63) is 0 Å². The van der Waals surface area contributed by atoms with E-state index in [-0.39, 0.29) is 17.5 Å². The van der Waals surface area contributed by atoms with Crippen molar-refractivity contribution in [2.75, 3.05) is 46.3 Å². The lowest BCUT2D eigenvalue weighted by molar-refractivity contribution is -0.122. The van der Waals surface area contributed by atoms with E-state index in [1.54, 1.807) is 0 Å². The molecule has 0 spiro atoms. The molecule has 1 atom stereocenters. The summed E-state index contributed by atoms with van der Waals surface area (Å²) >= 11 is 0. The first kappa shape index (κ1) is 17.4. The van der Waals surface area contributed by atoms with Crippen LogP contribution in [0, 0.1) is 0 Å². The number of piperazine rings is 1. The molecule has 0 aliphatic carbocycles. The summed E-state index contributed by atoms with van der Waals surface area (Å²) in [5, 5.41) is 6.35. The van der Waals surface area contributed by atoms with Crippen molar-refractivity contribution in [1.82, 2.24) is 20.4 Å². The van der Waals surface area contributed by atoms with Gasteiger partial charge in [-0.25, -0.2) is 0 Å². The minimum absolute atomic E-state index is 0.0261. The maximum absolute atomic E-state index is 11.9. The second kappa shape index (κ2) is 7.96. The molecule has 0 saturated carbocycles. The number of carbonyl (C=O) groups excluding carboxylic acids is 1. The van der Waals surface area contributed by atoms with Gasteiger partial charge in [0.2, 0.25) is 5.91 Å². The van der Waals surface area contributed by atoms with Crippen LogP contribution in [0.1, 0.15) is 34.1 Å². The summed E-state index contributed by atoms with van der Waals surface area (Å²) in [5.74, 6) is 0.139. The SMILES string of the molecule is CCNC(C)CC(=O)NCC(C)(C)N1CCN(C)CC1. The quantitative estimate of drug-likeness (QED) is 0.715. The van der Waals surface area contributed by atoms with Crippen molar-refractivity contribution >= 4 is 5.91 Å². The van der Waals surface area contributed by atoms with Crippen molar-refractivity contribution in [2.24, 2.45) is 0 Å². The smallest absolute Gasteiger partial charge is 0.221 e. The number of nitrogens with one attached hydrogen (secondary N) is 2.